The summed E-state index contributed by atoms with van der Waals surface area (Å²) in [6, 6.07) is 10.6. The first-order chi connectivity index (χ1) is 16.0. The second-order valence-corrected chi connectivity index (χ2v) is 10.9. The fraction of sp³-hybridized carbons (Fsp3) is 0.391. The van der Waals surface area contributed by atoms with E-state index in [2.05, 4.69) is 5.32 Å². The Hall–Kier alpha value is -2.00. The van der Waals surface area contributed by atoms with Gasteiger partial charge in [0.15, 0.2) is 0 Å². The number of unbranched alkanes of at least 4 members (excludes halogenated alkanes) is 1. The molecule has 0 saturated carbocycles. The molecule has 0 bridgehead atoms. The van der Waals surface area contributed by atoms with Crippen molar-refractivity contribution < 1.29 is 18.0 Å². The van der Waals surface area contributed by atoms with Gasteiger partial charge >= 0.3 is 0 Å². The number of hydrogen-bond donors (Lipinski definition) is 1. The van der Waals surface area contributed by atoms with Gasteiger partial charge in [0.1, 0.15) is 12.6 Å². The molecule has 0 radical (unpaired) electrons. The maximum Gasteiger partial charge on any atom is 0.244 e. The van der Waals surface area contributed by atoms with E-state index in [1.54, 1.807) is 37.3 Å². The number of amides is 2. The average molecular weight is 549 g/mol. The van der Waals surface area contributed by atoms with Crippen LogP contribution in [0.3, 0.4) is 0 Å². The molecule has 0 aromatic heterocycles. The van der Waals surface area contributed by atoms with Gasteiger partial charge in [-0.3, -0.25) is 13.9 Å². The quantitative estimate of drug-likeness (QED) is 0.411. The first kappa shape index (κ1) is 28.2. The number of carbonyl (C=O) groups is 2. The lowest BCUT2D eigenvalue weighted by Gasteiger charge is -2.31. The molecule has 0 aliphatic carbocycles. The summed E-state index contributed by atoms with van der Waals surface area (Å²) in [7, 11) is -3.91. The van der Waals surface area contributed by atoms with Gasteiger partial charge in [-0.2, -0.15) is 0 Å². The molecule has 0 spiro atoms. The van der Waals surface area contributed by atoms with E-state index in [-0.39, 0.29) is 28.2 Å². The lowest BCUT2D eigenvalue weighted by molar-refractivity contribution is -0.139. The van der Waals surface area contributed by atoms with Crippen LogP contribution in [0.25, 0.3) is 0 Å². The highest BCUT2D eigenvalue weighted by Crippen LogP contribution is 2.33. The van der Waals surface area contributed by atoms with Crippen molar-refractivity contribution in [1.82, 2.24) is 10.2 Å². The number of nitrogens with zero attached hydrogens (tertiary/aromatic N) is 2. The molecule has 11 heteroatoms. The maximum atomic E-state index is 13.5. The lowest BCUT2D eigenvalue weighted by atomic mass is 10.1. The van der Waals surface area contributed by atoms with Crippen molar-refractivity contribution in [3.8, 4) is 0 Å². The van der Waals surface area contributed by atoms with E-state index in [4.69, 9.17) is 34.8 Å². The van der Waals surface area contributed by atoms with E-state index in [0.717, 1.165) is 23.4 Å². The molecule has 0 aliphatic heterocycles. The van der Waals surface area contributed by atoms with Crippen molar-refractivity contribution >= 4 is 62.3 Å². The molecule has 1 N–H and O–H groups in total. The van der Waals surface area contributed by atoms with Crippen molar-refractivity contribution in [3.05, 3.63) is 63.1 Å². The average Bonchev–Trinajstić information content (AvgIpc) is 2.76. The van der Waals surface area contributed by atoms with E-state index in [1.807, 2.05) is 6.92 Å². The summed E-state index contributed by atoms with van der Waals surface area (Å²) in [5.41, 5.74) is 0.772. The summed E-state index contributed by atoms with van der Waals surface area (Å²) >= 11 is 18.4. The molecule has 2 aromatic rings. The van der Waals surface area contributed by atoms with Gasteiger partial charge in [0, 0.05) is 18.1 Å². The van der Waals surface area contributed by atoms with E-state index in [0.29, 0.717) is 17.1 Å². The van der Waals surface area contributed by atoms with E-state index in [1.165, 1.54) is 17.0 Å². The number of rotatable bonds is 11. The first-order valence-corrected chi connectivity index (χ1v) is 13.7. The molecule has 0 saturated heterocycles. The molecule has 34 heavy (non-hydrogen) atoms. The van der Waals surface area contributed by atoms with Crippen LogP contribution in [0.15, 0.2) is 42.5 Å². The van der Waals surface area contributed by atoms with Crippen LogP contribution in [0.2, 0.25) is 15.1 Å². The van der Waals surface area contributed by atoms with Gasteiger partial charge in [-0.25, -0.2) is 8.42 Å². The molecular formula is C23H28Cl3N3O4S. The van der Waals surface area contributed by atoms with Crippen molar-refractivity contribution in [1.29, 1.82) is 0 Å². The Morgan fingerprint density at radius 1 is 1.09 bits per heavy atom. The van der Waals surface area contributed by atoms with Crippen molar-refractivity contribution in [3.63, 3.8) is 0 Å². The van der Waals surface area contributed by atoms with E-state index >= 15 is 0 Å². The standard InChI is InChI=1S/C23H28Cl3N3O4S/c1-4-5-12-27-23(31)16(2)28(14-17-8-6-9-18(24)13-17)21(30)15-29(34(3,32)33)20-11-7-10-19(25)22(20)26/h6-11,13,16H,4-5,12,14-15H2,1-3H3,(H,27,31)/t16-/m0/s1. The molecule has 2 aromatic carbocycles. The molecule has 186 valence electrons. The summed E-state index contributed by atoms with van der Waals surface area (Å²) in [6.07, 6.45) is 2.68. The first-order valence-electron chi connectivity index (χ1n) is 10.7. The van der Waals surface area contributed by atoms with Crippen molar-refractivity contribution in [2.45, 2.75) is 39.3 Å². The topological polar surface area (TPSA) is 86.8 Å². The molecule has 0 unspecified atom stereocenters. The summed E-state index contributed by atoms with van der Waals surface area (Å²) in [4.78, 5) is 27.6. The minimum absolute atomic E-state index is 0.00846. The summed E-state index contributed by atoms with van der Waals surface area (Å²) in [5, 5.41) is 3.46. The number of hydrogen-bond acceptors (Lipinski definition) is 4. The van der Waals surface area contributed by atoms with Crippen LogP contribution in [0.4, 0.5) is 5.69 Å². The lowest BCUT2D eigenvalue weighted by Crippen LogP contribution is -2.51. The zero-order valence-corrected chi connectivity index (χ0v) is 22.3. The third-order valence-electron chi connectivity index (χ3n) is 5.12. The van der Waals surface area contributed by atoms with Crippen LogP contribution >= 0.6 is 34.8 Å². The van der Waals surface area contributed by atoms with Crippen LogP contribution in [-0.2, 0) is 26.2 Å². The molecule has 0 fully saturated rings. The van der Waals surface area contributed by atoms with Crippen molar-refractivity contribution in [2.75, 3.05) is 23.7 Å². The Kier molecular flexibility index (Phi) is 10.5. The minimum atomic E-state index is -3.91. The van der Waals surface area contributed by atoms with Gasteiger partial charge in [-0.1, -0.05) is 66.3 Å². The molecule has 0 aliphatic rings. The third kappa shape index (κ3) is 7.77. The molecule has 2 amide bonds. The highest BCUT2D eigenvalue weighted by atomic mass is 35.5. The van der Waals surface area contributed by atoms with Gasteiger partial charge in [-0.15, -0.1) is 0 Å². The Balaban J connectivity index is 2.39. The van der Waals surface area contributed by atoms with Gasteiger partial charge < -0.3 is 10.2 Å². The second kappa shape index (κ2) is 12.6. The molecular weight excluding hydrogens is 521 g/mol. The molecule has 2 rings (SSSR count). The predicted octanol–water partition coefficient (Wildman–Crippen LogP) is 4.75. The number of benzene rings is 2. The molecule has 1 atom stereocenters. The fourth-order valence-electron chi connectivity index (χ4n) is 3.23. The van der Waals surface area contributed by atoms with E-state index in [9.17, 15) is 18.0 Å². The van der Waals surface area contributed by atoms with Gasteiger partial charge in [0.05, 0.1) is 22.0 Å². The second-order valence-electron chi connectivity index (χ2n) is 7.81. The monoisotopic (exact) mass is 547 g/mol. The SMILES string of the molecule is CCCCNC(=O)[C@H](C)N(Cc1cccc(Cl)c1)C(=O)CN(c1cccc(Cl)c1Cl)S(C)(=O)=O. The molecule has 0 heterocycles. The van der Waals surface area contributed by atoms with Gasteiger partial charge in [-0.05, 0) is 43.2 Å². The van der Waals surface area contributed by atoms with Crippen LogP contribution in [0.5, 0.6) is 0 Å². The van der Waals surface area contributed by atoms with Crippen LogP contribution in [-0.4, -0.2) is 50.5 Å². The number of sulfonamides is 1. The third-order valence-corrected chi connectivity index (χ3v) is 7.29. The highest BCUT2D eigenvalue weighted by Gasteiger charge is 2.31. The van der Waals surface area contributed by atoms with Crippen LogP contribution < -0.4 is 9.62 Å². The van der Waals surface area contributed by atoms with Crippen LogP contribution in [0.1, 0.15) is 32.3 Å². The zero-order valence-electron chi connectivity index (χ0n) is 19.2. The largest absolute Gasteiger partial charge is 0.354 e. The number of anilines is 1. The Labute approximate surface area is 216 Å². The smallest absolute Gasteiger partial charge is 0.244 e. The zero-order chi connectivity index (χ0) is 25.5. The van der Waals surface area contributed by atoms with Gasteiger partial charge in [0.2, 0.25) is 21.8 Å². The Bertz CT molecular complexity index is 1130. The predicted molar refractivity (Wildman–Crippen MR) is 138 cm³/mol. The summed E-state index contributed by atoms with van der Waals surface area (Å²) in [5.74, 6) is -0.921. The van der Waals surface area contributed by atoms with Crippen LogP contribution in [0, 0.1) is 0 Å². The summed E-state index contributed by atoms with van der Waals surface area (Å²) in [6.45, 7) is 3.58. The number of carbonyl (C=O) groups excluding carboxylic acids is 2. The minimum Gasteiger partial charge on any atom is -0.354 e. The Morgan fingerprint density at radius 2 is 1.76 bits per heavy atom. The maximum absolute atomic E-state index is 13.5. The highest BCUT2D eigenvalue weighted by molar-refractivity contribution is 7.92. The number of nitrogens with one attached hydrogen (secondary N) is 1. The number of halogens is 3. The summed E-state index contributed by atoms with van der Waals surface area (Å²) < 4.78 is 26.1. The normalized spacial score (nSPS) is 12.2. The Morgan fingerprint density at radius 3 is 2.38 bits per heavy atom. The van der Waals surface area contributed by atoms with Gasteiger partial charge in [0.25, 0.3) is 0 Å². The fourth-order valence-corrected chi connectivity index (χ4v) is 4.75. The molecule has 7 nitrogen and oxygen atoms in total. The van der Waals surface area contributed by atoms with E-state index < -0.39 is 28.5 Å². The van der Waals surface area contributed by atoms with Crippen molar-refractivity contribution in [2.24, 2.45) is 0 Å².